The van der Waals surface area contributed by atoms with E-state index in [0.29, 0.717) is 19.5 Å². The van der Waals surface area contributed by atoms with Crippen molar-refractivity contribution in [2.45, 2.75) is 33.2 Å². The summed E-state index contributed by atoms with van der Waals surface area (Å²) in [6, 6.07) is 0.0320. The molecule has 1 aromatic rings. The quantitative estimate of drug-likeness (QED) is 0.874. The maximum absolute atomic E-state index is 11.9. The van der Waals surface area contributed by atoms with Crippen molar-refractivity contribution in [2.24, 2.45) is 5.41 Å². The second-order valence-corrected chi connectivity index (χ2v) is 6.08. The van der Waals surface area contributed by atoms with Crippen LogP contribution in [0.25, 0.3) is 0 Å². The molecule has 1 aliphatic rings. The van der Waals surface area contributed by atoms with Crippen LogP contribution < -0.4 is 0 Å². The van der Waals surface area contributed by atoms with Gasteiger partial charge in [0.25, 0.3) is 0 Å². The molecule has 0 atom stereocenters. The molecule has 7 heteroatoms. The van der Waals surface area contributed by atoms with Gasteiger partial charge in [-0.15, -0.1) is 5.10 Å². The van der Waals surface area contributed by atoms with E-state index in [1.165, 1.54) is 10.9 Å². The summed E-state index contributed by atoms with van der Waals surface area (Å²) in [5, 5.41) is 16.1. The lowest BCUT2D eigenvalue weighted by Gasteiger charge is -2.40. The first-order chi connectivity index (χ1) is 8.76. The van der Waals surface area contributed by atoms with Crippen molar-refractivity contribution >= 4 is 11.9 Å². The van der Waals surface area contributed by atoms with Crippen molar-refractivity contribution in [1.29, 1.82) is 0 Å². The first kappa shape index (κ1) is 13.5. The fourth-order valence-electron chi connectivity index (χ4n) is 1.94. The number of carboxylic acid groups (broad SMARTS) is 1. The largest absolute Gasteiger partial charge is 0.476 e. The highest BCUT2D eigenvalue weighted by molar-refractivity contribution is 5.84. The first-order valence-corrected chi connectivity index (χ1v) is 6.19. The number of rotatable bonds is 3. The van der Waals surface area contributed by atoms with Gasteiger partial charge in [0, 0.05) is 19.5 Å². The molecular weight excluding hydrogens is 248 g/mol. The average Bonchev–Trinajstić information content (AvgIpc) is 2.61. The second-order valence-electron chi connectivity index (χ2n) is 6.08. The van der Waals surface area contributed by atoms with E-state index >= 15 is 0 Å². The minimum Gasteiger partial charge on any atom is -0.476 e. The number of aromatic carboxylic acids is 1. The Hall–Kier alpha value is -1.92. The van der Waals surface area contributed by atoms with Crippen LogP contribution in [0.2, 0.25) is 0 Å². The van der Waals surface area contributed by atoms with E-state index in [9.17, 15) is 9.59 Å². The van der Waals surface area contributed by atoms with Crippen LogP contribution in [-0.2, 0) is 4.79 Å². The van der Waals surface area contributed by atoms with Crippen molar-refractivity contribution in [3.63, 3.8) is 0 Å². The van der Waals surface area contributed by atoms with E-state index in [2.05, 4.69) is 10.3 Å². The normalized spacial score (nSPS) is 16.3. The number of hydrogen-bond donors (Lipinski definition) is 1. The molecule has 1 amide bonds. The number of hydrogen-bond acceptors (Lipinski definition) is 4. The number of carbonyl (C=O) groups excluding carboxylic acids is 1. The topological polar surface area (TPSA) is 88.3 Å². The van der Waals surface area contributed by atoms with Crippen LogP contribution in [-0.4, -0.2) is 50.0 Å². The van der Waals surface area contributed by atoms with Crippen molar-refractivity contribution in [3.05, 3.63) is 11.9 Å². The highest BCUT2D eigenvalue weighted by Gasteiger charge is 2.34. The number of likely N-dealkylation sites (tertiary alicyclic amines) is 1. The number of carbonyl (C=O) groups is 2. The zero-order valence-corrected chi connectivity index (χ0v) is 11.3. The number of nitrogens with zero attached hydrogens (tertiary/aromatic N) is 4. The summed E-state index contributed by atoms with van der Waals surface area (Å²) in [4.78, 5) is 24.4. The Balaban J connectivity index is 1.89. The van der Waals surface area contributed by atoms with Crippen LogP contribution in [0.5, 0.6) is 0 Å². The molecule has 1 N–H and O–H groups in total. The standard InChI is InChI=1S/C12H18N4O3/c1-12(2,3)4-10(17)15-5-8(6-15)16-7-9(11(18)19)13-14-16/h7-8H,4-6H2,1-3H3,(H,18,19). The molecule has 0 spiro atoms. The Morgan fingerprint density at radius 3 is 2.53 bits per heavy atom. The zero-order chi connectivity index (χ0) is 14.2. The fourth-order valence-corrected chi connectivity index (χ4v) is 1.94. The van der Waals surface area contributed by atoms with Gasteiger partial charge in [-0.25, -0.2) is 9.48 Å². The maximum atomic E-state index is 11.9. The Bertz CT molecular complexity index is 497. The SMILES string of the molecule is CC(C)(C)CC(=O)N1CC(n2cc(C(=O)O)nn2)C1. The molecule has 1 fully saturated rings. The van der Waals surface area contributed by atoms with Crippen molar-refractivity contribution in [1.82, 2.24) is 19.9 Å². The number of carboxylic acids is 1. The molecule has 7 nitrogen and oxygen atoms in total. The minimum atomic E-state index is -1.09. The summed E-state index contributed by atoms with van der Waals surface area (Å²) >= 11 is 0. The van der Waals surface area contributed by atoms with E-state index in [1.54, 1.807) is 4.90 Å². The Kier molecular flexibility index (Phi) is 3.30. The van der Waals surface area contributed by atoms with Crippen LogP contribution in [0, 0.1) is 5.41 Å². The highest BCUT2D eigenvalue weighted by atomic mass is 16.4. The summed E-state index contributed by atoms with van der Waals surface area (Å²) < 4.78 is 1.52. The third kappa shape index (κ3) is 3.10. The molecule has 1 saturated heterocycles. The molecule has 0 radical (unpaired) electrons. The van der Waals surface area contributed by atoms with Gasteiger partial charge in [-0.2, -0.15) is 0 Å². The van der Waals surface area contributed by atoms with Gasteiger partial charge in [-0.3, -0.25) is 4.79 Å². The monoisotopic (exact) mass is 266 g/mol. The smallest absolute Gasteiger partial charge is 0.358 e. The van der Waals surface area contributed by atoms with Gasteiger partial charge in [0.2, 0.25) is 5.91 Å². The van der Waals surface area contributed by atoms with Crippen molar-refractivity contribution in [3.8, 4) is 0 Å². The summed E-state index contributed by atoms with van der Waals surface area (Å²) in [7, 11) is 0. The highest BCUT2D eigenvalue weighted by Crippen LogP contribution is 2.25. The van der Waals surface area contributed by atoms with Crippen LogP contribution >= 0.6 is 0 Å². The van der Waals surface area contributed by atoms with Crippen molar-refractivity contribution in [2.75, 3.05) is 13.1 Å². The lowest BCUT2D eigenvalue weighted by molar-refractivity contribution is -0.139. The average molecular weight is 266 g/mol. The molecular formula is C12H18N4O3. The van der Waals surface area contributed by atoms with Crippen LogP contribution in [0.4, 0.5) is 0 Å². The van der Waals surface area contributed by atoms with Gasteiger partial charge >= 0.3 is 5.97 Å². The number of amides is 1. The van der Waals surface area contributed by atoms with Gasteiger partial charge in [0.15, 0.2) is 5.69 Å². The van der Waals surface area contributed by atoms with E-state index in [-0.39, 0.29) is 23.1 Å². The minimum absolute atomic E-state index is 0.0219. The maximum Gasteiger partial charge on any atom is 0.358 e. The molecule has 0 saturated carbocycles. The molecule has 104 valence electrons. The predicted molar refractivity (Wildman–Crippen MR) is 66.7 cm³/mol. The van der Waals surface area contributed by atoms with Gasteiger partial charge in [0.1, 0.15) is 0 Å². The molecule has 2 rings (SSSR count). The second kappa shape index (κ2) is 4.64. The fraction of sp³-hybridized carbons (Fsp3) is 0.667. The first-order valence-electron chi connectivity index (χ1n) is 6.19. The van der Waals surface area contributed by atoms with Crippen molar-refractivity contribution < 1.29 is 14.7 Å². The molecule has 0 aliphatic carbocycles. The Morgan fingerprint density at radius 2 is 2.05 bits per heavy atom. The van der Waals surface area contributed by atoms with Gasteiger partial charge in [0.05, 0.1) is 12.2 Å². The van der Waals surface area contributed by atoms with E-state index in [0.717, 1.165) is 0 Å². The molecule has 1 aliphatic heterocycles. The summed E-state index contributed by atoms with van der Waals surface area (Å²) in [6.07, 6.45) is 1.91. The molecule has 2 heterocycles. The number of aromatic nitrogens is 3. The van der Waals surface area contributed by atoms with Gasteiger partial charge in [-0.05, 0) is 5.41 Å². The summed E-state index contributed by atoms with van der Waals surface area (Å²) in [5.74, 6) is -0.964. The van der Waals surface area contributed by atoms with Gasteiger partial charge < -0.3 is 10.0 Å². The van der Waals surface area contributed by atoms with Crippen LogP contribution in [0.15, 0.2) is 6.20 Å². The lowest BCUT2D eigenvalue weighted by Crippen LogP contribution is -2.51. The van der Waals surface area contributed by atoms with E-state index in [4.69, 9.17) is 5.11 Å². The third-order valence-electron chi connectivity index (χ3n) is 3.00. The van der Waals surface area contributed by atoms with Crippen LogP contribution in [0.3, 0.4) is 0 Å². The van der Waals surface area contributed by atoms with Gasteiger partial charge in [-0.1, -0.05) is 26.0 Å². The van der Waals surface area contributed by atoms with E-state index < -0.39 is 5.97 Å². The summed E-state index contributed by atoms with van der Waals surface area (Å²) in [6.45, 7) is 7.21. The van der Waals surface area contributed by atoms with E-state index in [1.807, 2.05) is 20.8 Å². The Labute approximate surface area is 111 Å². The lowest BCUT2D eigenvalue weighted by atomic mass is 9.91. The predicted octanol–water partition coefficient (Wildman–Crippen LogP) is 0.796. The molecule has 1 aromatic heterocycles. The third-order valence-corrected chi connectivity index (χ3v) is 3.00. The van der Waals surface area contributed by atoms with Crippen LogP contribution in [0.1, 0.15) is 43.7 Å². The molecule has 0 bridgehead atoms. The molecule has 19 heavy (non-hydrogen) atoms. The molecule has 0 aromatic carbocycles. The zero-order valence-electron chi connectivity index (χ0n) is 11.3. The molecule has 0 unspecified atom stereocenters. The summed E-state index contributed by atoms with van der Waals surface area (Å²) in [5.41, 5.74) is -0.0919. The Morgan fingerprint density at radius 1 is 1.42 bits per heavy atom.